The fourth-order valence-corrected chi connectivity index (χ4v) is 4.23. The van der Waals surface area contributed by atoms with Crippen molar-refractivity contribution in [1.82, 2.24) is 10.7 Å². The summed E-state index contributed by atoms with van der Waals surface area (Å²) in [6, 6.07) is 13.3. The number of hydrazone groups is 1. The first-order valence-electron chi connectivity index (χ1n) is 10.1. The maximum atomic E-state index is 12.7. The summed E-state index contributed by atoms with van der Waals surface area (Å²) < 4.78 is 6.72. The van der Waals surface area contributed by atoms with Crippen LogP contribution in [0.2, 0.25) is 10.0 Å². The van der Waals surface area contributed by atoms with Crippen LogP contribution in [0.3, 0.4) is 0 Å². The van der Waals surface area contributed by atoms with Gasteiger partial charge in [0.1, 0.15) is 17.6 Å². The minimum Gasteiger partial charge on any atom is -0.455 e. The van der Waals surface area contributed by atoms with Crippen molar-refractivity contribution in [1.29, 1.82) is 0 Å². The molecule has 0 aliphatic carbocycles. The number of aryl methyl sites for hydroxylation is 1. The first-order valence-corrected chi connectivity index (χ1v) is 11.7. The molecule has 0 bridgehead atoms. The van der Waals surface area contributed by atoms with Gasteiger partial charge in [-0.2, -0.15) is 5.10 Å². The van der Waals surface area contributed by atoms with E-state index < -0.39 is 17.9 Å². The number of hydrogen-bond donors (Lipinski definition) is 2. The summed E-state index contributed by atoms with van der Waals surface area (Å²) in [4.78, 5) is 25.3. The van der Waals surface area contributed by atoms with Crippen molar-refractivity contribution in [2.24, 2.45) is 11.0 Å². The fourth-order valence-electron chi connectivity index (χ4n) is 3.04. The molecule has 1 atom stereocenters. The molecule has 0 unspecified atom stereocenters. The molecule has 0 aliphatic rings. The average Bonchev–Trinajstić information content (AvgIpc) is 3.20. The van der Waals surface area contributed by atoms with Crippen LogP contribution in [-0.2, 0) is 4.79 Å². The van der Waals surface area contributed by atoms with Gasteiger partial charge in [0.25, 0.3) is 11.8 Å². The fraction of sp³-hybridized carbons (Fsp3) is 0.208. The Kier molecular flexibility index (Phi) is 8.35. The maximum absolute atomic E-state index is 12.7. The summed E-state index contributed by atoms with van der Waals surface area (Å²) in [6.45, 7) is 5.64. The van der Waals surface area contributed by atoms with Gasteiger partial charge in [-0.05, 0) is 60.9 Å². The zero-order valence-electron chi connectivity index (χ0n) is 18.2. The van der Waals surface area contributed by atoms with Crippen molar-refractivity contribution in [2.75, 3.05) is 0 Å². The van der Waals surface area contributed by atoms with Gasteiger partial charge in [0.2, 0.25) is 0 Å². The van der Waals surface area contributed by atoms with Crippen molar-refractivity contribution >= 4 is 57.2 Å². The molecule has 0 aliphatic heterocycles. The molecule has 1 aromatic heterocycles. The van der Waals surface area contributed by atoms with Gasteiger partial charge in [0.15, 0.2) is 0 Å². The highest BCUT2D eigenvalue weighted by Gasteiger charge is 2.25. The van der Waals surface area contributed by atoms with Crippen molar-refractivity contribution in [2.45, 2.75) is 26.8 Å². The topological polar surface area (TPSA) is 83.7 Å². The van der Waals surface area contributed by atoms with Crippen LogP contribution in [0.25, 0.3) is 11.3 Å². The summed E-state index contributed by atoms with van der Waals surface area (Å²) in [5.74, 6) is 0.00332. The highest BCUT2D eigenvalue weighted by Crippen LogP contribution is 2.30. The summed E-state index contributed by atoms with van der Waals surface area (Å²) in [6.07, 6.45) is 1.40. The first kappa shape index (κ1) is 25.0. The van der Waals surface area contributed by atoms with E-state index in [-0.39, 0.29) is 16.5 Å². The van der Waals surface area contributed by atoms with Gasteiger partial charge in [-0.15, -0.1) is 0 Å². The van der Waals surface area contributed by atoms with E-state index in [4.69, 9.17) is 27.6 Å². The Hall–Kier alpha value is -2.61. The SMILES string of the molecule is Cc1ccc(-c2ccc(/C=N\NC(=O)[C@H](NC(=O)c3ccc(Cl)cc3Cl)C(C)C)o2)c(Br)c1. The highest BCUT2D eigenvalue weighted by molar-refractivity contribution is 9.10. The van der Waals surface area contributed by atoms with Gasteiger partial charge in [-0.3, -0.25) is 9.59 Å². The largest absolute Gasteiger partial charge is 0.455 e. The van der Waals surface area contributed by atoms with E-state index in [0.29, 0.717) is 16.5 Å². The molecule has 0 fully saturated rings. The van der Waals surface area contributed by atoms with Crippen LogP contribution < -0.4 is 10.7 Å². The smallest absolute Gasteiger partial charge is 0.262 e. The van der Waals surface area contributed by atoms with Crippen LogP contribution in [0.5, 0.6) is 0 Å². The van der Waals surface area contributed by atoms with Gasteiger partial charge in [0, 0.05) is 15.1 Å². The molecule has 2 aromatic carbocycles. The Balaban J connectivity index is 1.65. The zero-order valence-corrected chi connectivity index (χ0v) is 21.3. The number of rotatable bonds is 7. The Morgan fingerprint density at radius 3 is 2.52 bits per heavy atom. The van der Waals surface area contributed by atoms with E-state index in [1.54, 1.807) is 12.1 Å². The van der Waals surface area contributed by atoms with E-state index in [9.17, 15) is 9.59 Å². The van der Waals surface area contributed by atoms with Crippen LogP contribution >= 0.6 is 39.1 Å². The third-order valence-corrected chi connectivity index (χ3v) is 6.00. The first-order chi connectivity index (χ1) is 15.7. The van der Waals surface area contributed by atoms with Crippen molar-refractivity contribution in [3.8, 4) is 11.3 Å². The van der Waals surface area contributed by atoms with Gasteiger partial charge in [0.05, 0.1) is 16.8 Å². The molecule has 2 N–H and O–H groups in total. The van der Waals surface area contributed by atoms with Crippen LogP contribution in [0.1, 0.15) is 35.5 Å². The van der Waals surface area contributed by atoms with Crippen molar-refractivity contribution < 1.29 is 14.0 Å². The third kappa shape index (κ3) is 6.47. The number of halogens is 3. The Morgan fingerprint density at radius 1 is 1.09 bits per heavy atom. The van der Waals surface area contributed by atoms with Gasteiger partial charge in [-0.25, -0.2) is 5.43 Å². The van der Waals surface area contributed by atoms with Gasteiger partial charge in [-0.1, -0.05) is 59.0 Å². The number of amides is 2. The van der Waals surface area contributed by atoms with E-state index >= 15 is 0 Å². The van der Waals surface area contributed by atoms with E-state index in [0.717, 1.165) is 15.6 Å². The molecule has 0 saturated heterocycles. The summed E-state index contributed by atoms with van der Waals surface area (Å²) in [7, 11) is 0. The van der Waals surface area contributed by atoms with Crippen molar-refractivity contribution in [3.05, 3.63) is 79.9 Å². The number of furan rings is 1. The minimum absolute atomic E-state index is 0.190. The molecule has 2 amide bonds. The second-order valence-electron chi connectivity index (χ2n) is 7.74. The third-order valence-electron chi connectivity index (χ3n) is 4.79. The standard InChI is InChI=1S/C24H22BrCl2N3O3/c1-13(2)22(29-23(31)18-8-5-15(26)11-20(18)27)24(32)30-28-12-16-6-9-21(33-16)17-7-4-14(3)10-19(17)25/h4-13,22H,1-3H3,(H,29,31)(H,30,32)/b28-12-/t22-/m1/s1. The van der Waals surface area contributed by atoms with Gasteiger partial charge < -0.3 is 9.73 Å². The molecular weight excluding hydrogens is 529 g/mol. The second-order valence-corrected chi connectivity index (χ2v) is 9.44. The number of carbonyl (C=O) groups is 2. The number of nitrogens with one attached hydrogen (secondary N) is 2. The molecule has 3 aromatic rings. The molecule has 0 radical (unpaired) electrons. The Labute approximate surface area is 210 Å². The average molecular weight is 551 g/mol. The molecule has 0 spiro atoms. The summed E-state index contributed by atoms with van der Waals surface area (Å²) in [5.41, 5.74) is 4.72. The quantitative estimate of drug-likeness (QED) is 0.270. The van der Waals surface area contributed by atoms with Crippen LogP contribution in [-0.4, -0.2) is 24.1 Å². The second kappa shape index (κ2) is 11.0. The maximum Gasteiger partial charge on any atom is 0.262 e. The molecule has 9 heteroatoms. The lowest BCUT2D eigenvalue weighted by molar-refractivity contribution is -0.123. The predicted octanol–water partition coefficient (Wildman–Crippen LogP) is 6.23. The minimum atomic E-state index is -0.822. The van der Waals surface area contributed by atoms with Crippen LogP contribution in [0.4, 0.5) is 0 Å². The van der Waals surface area contributed by atoms with Crippen LogP contribution in [0, 0.1) is 12.8 Å². The Morgan fingerprint density at radius 2 is 1.85 bits per heavy atom. The van der Waals surface area contributed by atoms with E-state index in [1.165, 1.54) is 18.3 Å². The van der Waals surface area contributed by atoms with Crippen molar-refractivity contribution in [3.63, 3.8) is 0 Å². The predicted molar refractivity (Wildman–Crippen MR) is 135 cm³/mol. The lowest BCUT2D eigenvalue weighted by Gasteiger charge is -2.20. The van der Waals surface area contributed by atoms with E-state index in [1.807, 2.05) is 45.0 Å². The lowest BCUT2D eigenvalue weighted by atomic mass is 10.0. The molecule has 6 nitrogen and oxygen atoms in total. The molecule has 3 rings (SSSR count). The number of nitrogens with zero attached hydrogens (tertiary/aromatic N) is 1. The highest BCUT2D eigenvalue weighted by atomic mass is 79.9. The van der Waals surface area contributed by atoms with Crippen LogP contribution in [0.15, 0.2) is 62.5 Å². The summed E-state index contributed by atoms with van der Waals surface area (Å²) >= 11 is 15.5. The molecule has 1 heterocycles. The number of carbonyl (C=O) groups excluding carboxylic acids is 2. The normalized spacial score (nSPS) is 12.2. The zero-order chi connectivity index (χ0) is 24.1. The molecule has 172 valence electrons. The monoisotopic (exact) mass is 549 g/mol. The summed E-state index contributed by atoms with van der Waals surface area (Å²) in [5, 5.41) is 7.29. The molecular formula is C24H22BrCl2N3O3. The number of benzene rings is 2. The molecule has 0 saturated carbocycles. The Bertz CT molecular complexity index is 1210. The number of hydrogen-bond acceptors (Lipinski definition) is 4. The van der Waals surface area contributed by atoms with Gasteiger partial charge >= 0.3 is 0 Å². The lowest BCUT2D eigenvalue weighted by Crippen LogP contribution is -2.48. The van der Waals surface area contributed by atoms with E-state index in [2.05, 4.69) is 31.8 Å². The molecule has 33 heavy (non-hydrogen) atoms.